The summed E-state index contributed by atoms with van der Waals surface area (Å²) in [6.45, 7) is 3.72. The van der Waals surface area contributed by atoms with Crippen LogP contribution in [0.3, 0.4) is 0 Å². The summed E-state index contributed by atoms with van der Waals surface area (Å²) in [5.74, 6) is -1.13. The van der Waals surface area contributed by atoms with Gasteiger partial charge >= 0.3 is 11.7 Å². The Morgan fingerprint density at radius 3 is 2.73 bits per heavy atom. The number of thiophene rings is 1. The van der Waals surface area contributed by atoms with Gasteiger partial charge in [-0.05, 0) is 13.8 Å². The zero-order chi connectivity index (χ0) is 16.2. The molecule has 3 heterocycles. The third kappa shape index (κ3) is 2.19. The number of hydrogen-bond acceptors (Lipinski definition) is 5. The van der Waals surface area contributed by atoms with Gasteiger partial charge in [0.2, 0.25) is 0 Å². The zero-order valence-electron chi connectivity index (χ0n) is 12.5. The predicted molar refractivity (Wildman–Crippen MR) is 81.5 cm³/mol. The van der Waals surface area contributed by atoms with E-state index in [0.717, 1.165) is 19.6 Å². The van der Waals surface area contributed by atoms with Crippen molar-refractivity contribution in [3.05, 3.63) is 31.3 Å². The van der Waals surface area contributed by atoms with E-state index in [1.807, 2.05) is 13.8 Å². The van der Waals surface area contributed by atoms with Gasteiger partial charge in [0, 0.05) is 23.9 Å². The molecule has 0 amide bonds. The van der Waals surface area contributed by atoms with Crippen molar-refractivity contribution >= 4 is 27.5 Å². The average molecular weight is 324 g/mol. The Morgan fingerprint density at radius 2 is 2.09 bits per heavy atom. The minimum Gasteiger partial charge on any atom is -0.480 e. The zero-order valence-corrected chi connectivity index (χ0v) is 13.3. The van der Waals surface area contributed by atoms with Crippen LogP contribution in [0.5, 0.6) is 0 Å². The van der Waals surface area contributed by atoms with Crippen LogP contribution >= 0.6 is 11.3 Å². The number of carboxylic acid groups (broad SMARTS) is 1. The fraction of sp³-hybridized carbons (Fsp3) is 0.500. The summed E-state index contributed by atoms with van der Waals surface area (Å²) in [4.78, 5) is 36.7. The van der Waals surface area contributed by atoms with Gasteiger partial charge in [-0.3, -0.25) is 18.7 Å². The van der Waals surface area contributed by atoms with Gasteiger partial charge in [0.15, 0.2) is 0 Å². The topological polar surface area (TPSA) is 90.5 Å². The molecule has 2 aromatic heterocycles. The maximum atomic E-state index is 12.3. The van der Waals surface area contributed by atoms with Gasteiger partial charge in [-0.1, -0.05) is 0 Å². The summed E-state index contributed by atoms with van der Waals surface area (Å²) < 4.78 is 8.28. The van der Waals surface area contributed by atoms with Crippen LogP contribution in [0, 0.1) is 0 Å². The molecule has 0 radical (unpaired) electrons. The lowest BCUT2D eigenvalue weighted by Gasteiger charge is -2.30. The summed E-state index contributed by atoms with van der Waals surface area (Å²) in [5, 5.41) is 9.06. The number of rotatable bonds is 2. The third-order valence-corrected chi connectivity index (χ3v) is 5.05. The van der Waals surface area contributed by atoms with Crippen LogP contribution in [0.2, 0.25) is 0 Å². The quantitative estimate of drug-likeness (QED) is 0.878. The van der Waals surface area contributed by atoms with Crippen LogP contribution in [-0.4, -0.2) is 25.8 Å². The first kappa shape index (κ1) is 15.0. The molecule has 1 aliphatic rings. The molecule has 0 atom stereocenters. The second-order valence-corrected chi connectivity index (χ2v) is 7.14. The highest BCUT2D eigenvalue weighted by molar-refractivity contribution is 7.19. The van der Waals surface area contributed by atoms with Crippen molar-refractivity contribution < 1.29 is 14.6 Å². The smallest absolute Gasteiger partial charge is 0.331 e. The molecule has 8 heteroatoms. The third-order valence-electron chi connectivity index (χ3n) is 3.84. The van der Waals surface area contributed by atoms with E-state index in [1.54, 1.807) is 0 Å². The van der Waals surface area contributed by atoms with E-state index in [4.69, 9.17) is 9.84 Å². The van der Waals surface area contributed by atoms with E-state index in [9.17, 15) is 14.4 Å². The van der Waals surface area contributed by atoms with E-state index < -0.39 is 18.2 Å². The predicted octanol–water partition coefficient (Wildman–Crippen LogP) is 0.698. The molecule has 1 aliphatic heterocycles. The Kier molecular flexibility index (Phi) is 3.26. The molecule has 0 aromatic carbocycles. The number of nitrogens with zero attached hydrogens (tertiary/aromatic N) is 2. The van der Waals surface area contributed by atoms with Crippen molar-refractivity contribution in [2.75, 3.05) is 0 Å². The highest BCUT2D eigenvalue weighted by Gasteiger charge is 2.31. The number of fused-ring (bicyclic) bond motifs is 3. The lowest BCUT2D eigenvalue weighted by atomic mass is 9.98. The Hall–Kier alpha value is -1.93. The van der Waals surface area contributed by atoms with Crippen LogP contribution in [0.1, 0.15) is 24.3 Å². The molecular formula is C14H16N2O5S. The van der Waals surface area contributed by atoms with E-state index >= 15 is 0 Å². The fourth-order valence-electron chi connectivity index (χ4n) is 2.73. The lowest BCUT2D eigenvalue weighted by molar-refractivity contribution is -0.137. The van der Waals surface area contributed by atoms with Crippen LogP contribution in [0.25, 0.3) is 10.2 Å². The molecule has 3 rings (SSSR count). The van der Waals surface area contributed by atoms with E-state index in [0.29, 0.717) is 16.6 Å². The van der Waals surface area contributed by atoms with Crippen LogP contribution in [0.15, 0.2) is 9.59 Å². The van der Waals surface area contributed by atoms with Crippen molar-refractivity contribution in [1.82, 2.24) is 9.13 Å². The summed E-state index contributed by atoms with van der Waals surface area (Å²) in [6.07, 6.45) is 0.631. The minimum absolute atomic E-state index is 0.272. The maximum absolute atomic E-state index is 12.3. The summed E-state index contributed by atoms with van der Waals surface area (Å²) in [6, 6.07) is 0. The molecular weight excluding hydrogens is 308 g/mol. The number of aromatic nitrogens is 2. The SMILES string of the molecule is Cn1c(=O)c2sc3c(c2n(CC(=O)O)c1=O)COC(C)(C)C3. The van der Waals surface area contributed by atoms with E-state index in [-0.39, 0.29) is 17.8 Å². The number of carboxylic acids is 1. The maximum Gasteiger partial charge on any atom is 0.331 e. The van der Waals surface area contributed by atoms with Gasteiger partial charge in [0.25, 0.3) is 5.56 Å². The second kappa shape index (κ2) is 4.79. The minimum atomic E-state index is -1.13. The molecule has 0 fully saturated rings. The van der Waals surface area contributed by atoms with Crippen molar-refractivity contribution in [3.8, 4) is 0 Å². The first-order valence-electron chi connectivity index (χ1n) is 6.81. The van der Waals surface area contributed by atoms with Gasteiger partial charge < -0.3 is 9.84 Å². The van der Waals surface area contributed by atoms with Crippen LogP contribution < -0.4 is 11.2 Å². The van der Waals surface area contributed by atoms with Crippen LogP contribution in [-0.2, 0) is 36.2 Å². The molecule has 2 aromatic rings. The first-order chi connectivity index (χ1) is 10.2. The Bertz CT molecular complexity index is 903. The molecule has 0 bridgehead atoms. The molecule has 1 N–H and O–H groups in total. The Balaban J connectivity index is 2.39. The molecule has 22 heavy (non-hydrogen) atoms. The normalized spacial score (nSPS) is 16.7. The highest BCUT2D eigenvalue weighted by Crippen LogP contribution is 2.37. The van der Waals surface area contributed by atoms with Crippen LogP contribution in [0.4, 0.5) is 0 Å². The first-order valence-corrected chi connectivity index (χ1v) is 7.63. The molecule has 118 valence electrons. The van der Waals surface area contributed by atoms with Crippen molar-refractivity contribution in [1.29, 1.82) is 0 Å². The largest absolute Gasteiger partial charge is 0.480 e. The molecule has 0 saturated carbocycles. The summed E-state index contributed by atoms with van der Waals surface area (Å²) >= 11 is 1.33. The number of aliphatic carboxylic acids is 1. The van der Waals surface area contributed by atoms with Gasteiger partial charge in [0.1, 0.15) is 11.2 Å². The van der Waals surface area contributed by atoms with Gasteiger partial charge in [-0.2, -0.15) is 0 Å². The molecule has 0 aliphatic carbocycles. The second-order valence-electron chi connectivity index (χ2n) is 6.03. The summed E-state index contributed by atoms with van der Waals surface area (Å²) in [5.41, 5.74) is -0.178. The Morgan fingerprint density at radius 1 is 1.41 bits per heavy atom. The van der Waals surface area contributed by atoms with Crippen molar-refractivity contribution in [2.45, 2.75) is 39.0 Å². The highest BCUT2D eigenvalue weighted by atomic mass is 32.1. The van der Waals surface area contributed by atoms with E-state index in [1.165, 1.54) is 18.4 Å². The Labute approximate surface area is 129 Å². The fourth-order valence-corrected chi connectivity index (χ4v) is 4.23. The monoisotopic (exact) mass is 324 g/mol. The van der Waals surface area contributed by atoms with Crippen molar-refractivity contribution in [2.24, 2.45) is 7.05 Å². The van der Waals surface area contributed by atoms with Crippen molar-refractivity contribution in [3.63, 3.8) is 0 Å². The molecule has 0 unspecified atom stereocenters. The molecule has 0 saturated heterocycles. The number of ether oxygens (including phenoxy) is 1. The van der Waals surface area contributed by atoms with E-state index in [2.05, 4.69) is 0 Å². The number of hydrogen-bond donors (Lipinski definition) is 1. The standard InChI is InChI=1S/C14H16N2O5S/c1-14(2)4-8-7(6-21-14)10-11(22-8)12(19)15(3)13(20)16(10)5-9(17)18/h4-6H2,1-3H3,(H,17,18). The van der Waals surface area contributed by atoms with Gasteiger partial charge in [0.05, 0.1) is 17.7 Å². The number of carbonyl (C=O) groups is 1. The summed E-state index contributed by atoms with van der Waals surface area (Å²) in [7, 11) is 1.36. The average Bonchev–Trinajstić information content (AvgIpc) is 2.78. The molecule has 7 nitrogen and oxygen atoms in total. The molecule has 0 spiro atoms. The van der Waals surface area contributed by atoms with Gasteiger partial charge in [-0.25, -0.2) is 4.79 Å². The van der Waals surface area contributed by atoms with Gasteiger partial charge in [-0.15, -0.1) is 11.3 Å². The lowest BCUT2D eigenvalue weighted by Crippen LogP contribution is -2.39.